The highest BCUT2D eigenvalue weighted by Gasteiger charge is 2.37. The minimum absolute atomic E-state index is 0.385. The van der Waals surface area contributed by atoms with Crippen molar-refractivity contribution in [1.82, 2.24) is 25.0 Å². The van der Waals surface area contributed by atoms with Crippen LogP contribution in [-0.4, -0.2) is 76.3 Å². The van der Waals surface area contributed by atoms with E-state index >= 15 is 0 Å². The molecule has 31 heavy (non-hydrogen) atoms. The minimum atomic E-state index is 0.385. The van der Waals surface area contributed by atoms with Crippen LogP contribution in [0.3, 0.4) is 0 Å². The Bertz CT molecular complexity index is 829. The van der Waals surface area contributed by atoms with Gasteiger partial charge in [0.2, 0.25) is 11.9 Å². The Morgan fingerprint density at radius 2 is 1.81 bits per heavy atom. The fourth-order valence-corrected chi connectivity index (χ4v) is 5.38. The molecule has 2 saturated heterocycles. The number of anilines is 2. The van der Waals surface area contributed by atoms with Gasteiger partial charge in [0.15, 0.2) is 0 Å². The lowest BCUT2D eigenvalue weighted by Crippen LogP contribution is -2.62. The number of nitrogens with one attached hydrogen (secondary N) is 1. The summed E-state index contributed by atoms with van der Waals surface area (Å²) in [6.45, 7) is 8.88. The second-order valence-corrected chi connectivity index (χ2v) is 10.1. The van der Waals surface area contributed by atoms with Gasteiger partial charge in [-0.1, -0.05) is 37.6 Å². The summed E-state index contributed by atoms with van der Waals surface area (Å²) >= 11 is 6.12. The highest BCUT2D eigenvalue weighted by molar-refractivity contribution is 6.30. The van der Waals surface area contributed by atoms with E-state index in [2.05, 4.69) is 62.9 Å². The predicted molar refractivity (Wildman–Crippen MR) is 128 cm³/mol. The third-order valence-corrected chi connectivity index (χ3v) is 7.12. The highest BCUT2D eigenvalue weighted by atomic mass is 35.5. The standard InChI is InChI=1S/C23H36ClN7/c1-16(2)12-20-15-31(19-8-10-30(11-9-19)23-26-22(25)27-28-23)21(14-29(20)3)13-17-4-6-18(24)7-5-17/h4-7,16,19-21H,8-15H2,1-3H3,(H3,25,26,27,28). The van der Waals surface area contributed by atoms with Crippen LogP contribution in [-0.2, 0) is 6.42 Å². The number of hydrogen-bond acceptors (Lipinski definition) is 6. The summed E-state index contributed by atoms with van der Waals surface area (Å²) < 4.78 is 0. The maximum absolute atomic E-state index is 6.12. The molecule has 1 aromatic carbocycles. The number of nitrogen functional groups attached to an aromatic ring is 1. The molecule has 2 aliphatic rings. The van der Waals surface area contributed by atoms with Crippen molar-refractivity contribution in [3.05, 3.63) is 34.9 Å². The second kappa shape index (κ2) is 9.76. The molecule has 2 unspecified atom stereocenters. The average molecular weight is 446 g/mol. The van der Waals surface area contributed by atoms with Crippen molar-refractivity contribution in [3.63, 3.8) is 0 Å². The smallest absolute Gasteiger partial charge is 0.226 e. The largest absolute Gasteiger partial charge is 0.368 e. The van der Waals surface area contributed by atoms with E-state index in [1.807, 2.05) is 12.1 Å². The molecule has 2 fully saturated rings. The fourth-order valence-electron chi connectivity index (χ4n) is 5.26. The summed E-state index contributed by atoms with van der Waals surface area (Å²) in [5, 5.41) is 8.90. The van der Waals surface area contributed by atoms with Crippen LogP contribution in [0.15, 0.2) is 24.3 Å². The first-order valence-electron chi connectivity index (χ1n) is 11.5. The second-order valence-electron chi connectivity index (χ2n) is 9.66. The Labute approximate surface area is 190 Å². The zero-order valence-electron chi connectivity index (χ0n) is 19.0. The number of nitrogens with zero attached hydrogens (tertiary/aromatic N) is 5. The lowest BCUT2D eigenvalue weighted by Gasteiger charge is -2.50. The van der Waals surface area contributed by atoms with Gasteiger partial charge in [0.25, 0.3) is 0 Å². The van der Waals surface area contributed by atoms with E-state index in [0.717, 1.165) is 56.4 Å². The first-order chi connectivity index (χ1) is 14.9. The Morgan fingerprint density at radius 1 is 1.10 bits per heavy atom. The number of aromatic nitrogens is 3. The Hall–Kier alpha value is -1.83. The molecule has 0 bridgehead atoms. The van der Waals surface area contributed by atoms with E-state index in [1.165, 1.54) is 12.0 Å². The van der Waals surface area contributed by atoms with Gasteiger partial charge in [-0.3, -0.25) is 9.88 Å². The topological polar surface area (TPSA) is 77.3 Å². The fraction of sp³-hybridized carbons (Fsp3) is 0.652. The van der Waals surface area contributed by atoms with Gasteiger partial charge < -0.3 is 15.5 Å². The van der Waals surface area contributed by atoms with Gasteiger partial charge in [0.05, 0.1) is 0 Å². The number of halogens is 1. The number of benzene rings is 1. The molecule has 3 heterocycles. The third kappa shape index (κ3) is 5.51. The number of aromatic amines is 1. The molecule has 2 aliphatic heterocycles. The van der Waals surface area contributed by atoms with Crippen molar-refractivity contribution < 1.29 is 0 Å². The van der Waals surface area contributed by atoms with Crippen molar-refractivity contribution in [1.29, 1.82) is 0 Å². The number of hydrogen-bond donors (Lipinski definition) is 2. The van der Waals surface area contributed by atoms with Crippen LogP contribution >= 0.6 is 11.6 Å². The molecule has 1 aromatic heterocycles. The molecular formula is C23H36ClN7. The molecule has 0 radical (unpaired) electrons. The number of H-pyrrole nitrogens is 1. The van der Waals surface area contributed by atoms with E-state index < -0.39 is 0 Å². The molecule has 2 aromatic rings. The molecule has 0 spiro atoms. The Balaban J connectivity index is 1.46. The monoisotopic (exact) mass is 445 g/mol. The lowest BCUT2D eigenvalue weighted by molar-refractivity contribution is 0.00104. The van der Waals surface area contributed by atoms with Crippen molar-refractivity contribution in [3.8, 4) is 0 Å². The Kier molecular flexibility index (Phi) is 7.04. The summed E-state index contributed by atoms with van der Waals surface area (Å²) in [6.07, 6.45) is 4.58. The minimum Gasteiger partial charge on any atom is -0.368 e. The molecule has 0 aliphatic carbocycles. The van der Waals surface area contributed by atoms with Crippen molar-refractivity contribution in [2.75, 3.05) is 43.9 Å². The van der Waals surface area contributed by atoms with E-state index in [1.54, 1.807) is 0 Å². The molecule has 8 heteroatoms. The molecule has 0 amide bonds. The number of piperidine rings is 1. The van der Waals surface area contributed by atoms with Crippen LogP contribution in [0.1, 0.15) is 38.7 Å². The summed E-state index contributed by atoms with van der Waals surface area (Å²) in [5.41, 5.74) is 7.09. The summed E-state index contributed by atoms with van der Waals surface area (Å²) in [4.78, 5) is 10.7. The van der Waals surface area contributed by atoms with E-state index in [4.69, 9.17) is 17.3 Å². The molecule has 3 N–H and O–H groups in total. The van der Waals surface area contributed by atoms with Crippen LogP contribution in [0.25, 0.3) is 0 Å². The van der Waals surface area contributed by atoms with Crippen LogP contribution in [0, 0.1) is 5.92 Å². The Morgan fingerprint density at radius 3 is 2.42 bits per heavy atom. The molecule has 7 nitrogen and oxygen atoms in total. The van der Waals surface area contributed by atoms with Gasteiger partial charge in [-0.2, -0.15) is 0 Å². The zero-order chi connectivity index (χ0) is 22.0. The molecule has 4 rings (SSSR count). The highest BCUT2D eigenvalue weighted by Crippen LogP contribution is 2.29. The summed E-state index contributed by atoms with van der Waals surface area (Å²) in [7, 11) is 2.30. The number of rotatable bonds is 6. The van der Waals surface area contributed by atoms with Gasteiger partial charge in [-0.25, -0.2) is 0 Å². The first-order valence-corrected chi connectivity index (χ1v) is 11.9. The molecule has 170 valence electrons. The van der Waals surface area contributed by atoms with Gasteiger partial charge in [-0.05, 0) is 56.3 Å². The van der Waals surface area contributed by atoms with E-state index in [-0.39, 0.29) is 0 Å². The normalized spacial score (nSPS) is 24.2. The third-order valence-electron chi connectivity index (χ3n) is 6.87. The molecule has 2 atom stereocenters. The number of nitrogens with two attached hydrogens (primary N) is 1. The van der Waals surface area contributed by atoms with E-state index in [0.29, 0.717) is 30.0 Å². The number of piperazine rings is 1. The maximum Gasteiger partial charge on any atom is 0.226 e. The van der Waals surface area contributed by atoms with Crippen molar-refractivity contribution in [2.45, 2.75) is 57.7 Å². The molecular weight excluding hydrogens is 410 g/mol. The van der Waals surface area contributed by atoms with Gasteiger partial charge in [0, 0.05) is 49.3 Å². The summed E-state index contributed by atoms with van der Waals surface area (Å²) in [6, 6.07) is 10.1. The number of likely N-dealkylation sites (N-methyl/N-ethyl adjacent to an activating group) is 1. The molecule has 0 saturated carbocycles. The first kappa shape index (κ1) is 22.4. The zero-order valence-corrected chi connectivity index (χ0v) is 19.7. The SMILES string of the molecule is CC(C)CC1CN(C2CCN(c3nnc(N)[nH]3)CC2)C(Cc2ccc(Cl)cc2)CN1C. The van der Waals surface area contributed by atoms with Crippen molar-refractivity contribution >= 4 is 23.5 Å². The van der Waals surface area contributed by atoms with Gasteiger partial charge >= 0.3 is 0 Å². The van der Waals surface area contributed by atoms with E-state index in [9.17, 15) is 0 Å². The predicted octanol–water partition coefficient (Wildman–Crippen LogP) is 3.28. The van der Waals surface area contributed by atoms with Crippen LogP contribution in [0.2, 0.25) is 5.02 Å². The van der Waals surface area contributed by atoms with Gasteiger partial charge in [0.1, 0.15) is 0 Å². The summed E-state index contributed by atoms with van der Waals surface area (Å²) in [5.74, 6) is 1.89. The van der Waals surface area contributed by atoms with Crippen molar-refractivity contribution in [2.24, 2.45) is 5.92 Å². The van der Waals surface area contributed by atoms with Gasteiger partial charge in [-0.15, -0.1) is 10.2 Å². The maximum atomic E-state index is 6.12. The van der Waals surface area contributed by atoms with Crippen LogP contribution < -0.4 is 10.6 Å². The quantitative estimate of drug-likeness (QED) is 0.710. The average Bonchev–Trinajstić information content (AvgIpc) is 3.18. The van der Waals surface area contributed by atoms with Crippen LogP contribution in [0.5, 0.6) is 0 Å². The lowest BCUT2D eigenvalue weighted by atomic mass is 9.91. The van der Waals surface area contributed by atoms with Crippen LogP contribution in [0.4, 0.5) is 11.9 Å².